The van der Waals surface area contributed by atoms with Gasteiger partial charge in [-0.15, -0.1) is 0 Å². The summed E-state index contributed by atoms with van der Waals surface area (Å²) in [6.07, 6.45) is 0.687. The van der Waals surface area contributed by atoms with Crippen molar-refractivity contribution in [1.82, 2.24) is 0 Å². The number of benzene rings is 1. The average Bonchev–Trinajstić information content (AvgIpc) is 2.27. The van der Waals surface area contributed by atoms with Crippen LogP contribution in [0.25, 0.3) is 0 Å². The molecule has 0 aliphatic heterocycles. The largest absolute Gasteiger partial charge is 0.396 e. The third-order valence-corrected chi connectivity index (χ3v) is 2.61. The van der Waals surface area contributed by atoms with E-state index in [1.54, 1.807) is 12.1 Å². The van der Waals surface area contributed by atoms with E-state index in [2.05, 4.69) is 5.32 Å². The van der Waals surface area contributed by atoms with E-state index in [0.717, 1.165) is 5.56 Å². The quantitative estimate of drug-likeness (QED) is 0.589. The maximum absolute atomic E-state index is 10.9. The van der Waals surface area contributed by atoms with Crippen molar-refractivity contribution in [3.63, 3.8) is 0 Å². The summed E-state index contributed by atoms with van der Waals surface area (Å²) in [7, 11) is 0. The van der Waals surface area contributed by atoms with Crippen molar-refractivity contribution in [2.24, 2.45) is 5.92 Å². The molecule has 0 fully saturated rings. The fraction of sp³-hybridized carbons (Fsp3) is 0.500. The maximum atomic E-state index is 10.9. The summed E-state index contributed by atoms with van der Waals surface area (Å²) < 4.78 is 0. The predicted octanol–water partition coefficient (Wildman–Crippen LogP) is 2.33. The summed E-state index contributed by atoms with van der Waals surface area (Å²) in [6.45, 7) is 4.57. The SMILES string of the molecule is Cc1ccc(NCC(C)CCO)c([N+](=O)[O-])c1. The summed E-state index contributed by atoms with van der Waals surface area (Å²) in [4.78, 5) is 10.5. The third kappa shape index (κ3) is 4.03. The van der Waals surface area contributed by atoms with Gasteiger partial charge in [-0.3, -0.25) is 10.1 Å². The second-order valence-electron chi connectivity index (χ2n) is 4.28. The molecule has 17 heavy (non-hydrogen) atoms. The van der Waals surface area contributed by atoms with Crippen LogP contribution < -0.4 is 5.32 Å². The molecule has 2 N–H and O–H groups in total. The van der Waals surface area contributed by atoms with Gasteiger partial charge in [0, 0.05) is 19.2 Å². The number of rotatable bonds is 6. The van der Waals surface area contributed by atoms with E-state index in [1.807, 2.05) is 19.9 Å². The number of hydrogen-bond donors (Lipinski definition) is 2. The molecule has 5 heteroatoms. The van der Waals surface area contributed by atoms with Gasteiger partial charge in [-0.1, -0.05) is 13.0 Å². The van der Waals surface area contributed by atoms with Crippen molar-refractivity contribution in [2.75, 3.05) is 18.5 Å². The number of aryl methyl sites for hydroxylation is 1. The van der Waals surface area contributed by atoms with Crippen LogP contribution >= 0.6 is 0 Å². The molecule has 0 aliphatic rings. The Bertz CT molecular complexity index is 393. The number of aliphatic hydroxyl groups excluding tert-OH is 1. The third-order valence-electron chi connectivity index (χ3n) is 2.61. The van der Waals surface area contributed by atoms with E-state index in [4.69, 9.17) is 5.11 Å². The standard InChI is InChI=1S/C12H18N2O3/c1-9-3-4-11(12(7-9)14(16)17)13-8-10(2)5-6-15/h3-4,7,10,13,15H,5-6,8H2,1-2H3. The van der Waals surface area contributed by atoms with Crippen LogP contribution in [0.4, 0.5) is 11.4 Å². The van der Waals surface area contributed by atoms with Gasteiger partial charge >= 0.3 is 0 Å². The minimum atomic E-state index is -0.383. The molecule has 0 amide bonds. The van der Waals surface area contributed by atoms with E-state index in [1.165, 1.54) is 0 Å². The molecular weight excluding hydrogens is 220 g/mol. The molecular formula is C12H18N2O3. The van der Waals surface area contributed by atoms with Crippen LogP contribution in [-0.2, 0) is 0 Å². The van der Waals surface area contributed by atoms with Crippen LogP contribution in [0.15, 0.2) is 18.2 Å². The van der Waals surface area contributed by atoms with Crippen LogP contribution in [0.1, 0.15) is 18.9 Å². The Morgan fingerprint density at radius 3 is 2.82 bits per heavy atom. The lowest BCUT2D eigenvalue weighted by atomic mass is 10.1. The molecule has 0 radical (unpaired) electrons. The van der Waals surface area contributed by atoms with Crippen molar-refractivity contribution < 1.29 is 10.0 Å². The topological polar surface area (TPSA) is 75.4 Å². The molecule has 0 heterocycles. The fourth-order valence-electron chi connectivity index (χ4n) is 1.55. The summed E-state index contributed by atoms with van der Waals surface area (Å²) >= 11 is 0. The lowest BCUT2D eigenvalue weighted by Gasteiger charge is -2.12. The van der Waals surface area contributed by atoms with E-state index < -0.39 is 0 Å². The maximum Gasteiger partial charge on any atom is 0.292 e. The molecule has 1 rings (SSSR count). The molecule has 0 saturated carbocycles. The van der Waals surface area contributed by atoms with E-state index in [-0.39, 0.29) is 23.1 Å². The van der Waals surface area contributed by atoms with Gasteiger partial charge in [0.25, 0.3) is 5.69 Å². The normalized spacial score (nSPS) is 12.2. The van der Waals surface area contributed by atoms with Gasteiger partial charge in [0.15, 0.2) is 0 Å². The molecule has 0 spiro atoms. The number of hydrogen-bond acceptors (Lipinski definition) is 4. The van der Waals surface area contributed by atoms with Crippen molar-refractivity contribution in [3.05, 3.63) is 33.9 Å². The molecule has 1 atom stereocenters. The van der Waals surface area contributed by atoms with Crippen LogP contribution in [0.5, 0.6) is 0 Å². The lowest BCUT2D eigenvalue weighted by molar-refractivity contribution is -0.384. The Morgan fingerprint density at radius 1 is 1.53 bits per heavy atom. The average molecular weight is 238 g/mol. The first-order valence-electron chi connectivity index (χ1n) is 5.64. The molecule has 1 aromatic carbocycles. The Kier molecular flexibility index (Phi) is 4.90. The van der Waals surface area contributed by atoms with Gasteiger partial charge in [-0.05, 0) is 30.9 Å². The molecule has 94 valence electrons. The van der Waals surface area contributed by atoms with Gasteiger partial charge in [-0.25, -0.2) is 0 Å². The number of nitrogens with zero attached hydrogens (tertiary/aromatic N) is 1. The zero-order chi connectivity index (χ0) is 12.8. The lowest BCUT2D eigenvalue weighted by Crippen LogP contribution is -2.13. The molecule has 5 nitrogen and oxygen atoms in total. The minimum Gasteiger partial charge on any atom is -0.396 e. The number of aliphatic hydroxyl groups is 1. The predicted molar refractivity (Wildman–Crippen MR) is 67.2 cm³/mol. The number of nitro benzene ring substituents is 1. The first kappa shape index (κ1) is 13.4. The molecule has 0 saturated heterocycles. The van der Waals surface area contributed by atoms with Crippen molar-refractivity contribution >= 4 is 11.4 Å². The highest BCUT2D eigenvalue weighted by molar-refractivity contribution is 5.62. The number of nitrogens with one attached hydrogen (secondary N) is 1. The smallest absolute Gasteiger partial charge is 0.292 e. The van der Waals surface area contributed by atoms with Gasteiger partial charge in [0.05, 0.1) is 4.92 Å². The number of nitro groups is 1. The Labute approximate surface area is 101 Å². The van der Waals surface area contributed by atoms with Gasteiger partial charge < -0.3 is 10.4 Å². The highest BCUT2D eigenvalue weighted by Crippen LogP contribution is 2.25. The van der Waals surface area contributed by atoms with Crippen LogP contribution in [0, 0.1) is 23.0 Å². The second kappa shape index (κ2) is 6.20. The molecule has 1 aromatic rings. The van der Waals surface area contributed by atoms with Crippen LogP contribution in [0.3, 0.4) is 0 Å². The van der Waals surface area contributed by atoms with Gasteiger partial charge in [-0.2, -0.15) is 0 Å². The summed E-state index contributed by atoms with van der Waals surface area (Å²) in [6, 6.07) is 5.12. The van der Waals surface area contributed by atoms with Crippen LogP contribution in [0.2, 0.25) is 0 Å². The van der Waals surface area contributed by atoms with Gasteiger partial charge in [0.1, 0.15) is 5.69 Å². The molecule has 0 bridgehead atoms. The Hall–Kier alpha value is -1.62. The summed E-state index contributed by atoms with van der Waals surface area (Å²) in [5.41, 5.74) is 1.50. The van der Waals surface area contributed by atoms with Crippen molar-refractivity contribution in [3.8, 4) is 0 Å². The Balaban J connectivity index is 2.73. The first-order chi connectivity index (χ1) is 8.04. The zero-order valence-corrected chi connectivity index (χ0v) is 10.1. The zero-order valence-electron chi connectivity index (χ0n) is 10.1. The highest BCUT2D eigenvalue weighted by atomic mass is 16.6. The summed E-state index contributed by atoms with van der Waals surface area (Å²) in [5, 5.41) is 22.7. The van der Waals surface area contributed by atoms with Crippen molar-refractivity contribution in [2.45, 2.75) is 20.3 Å². The molecule has 1 unspecified atom stereocenters. The van der Waals surface area contributed by atoms with Crippen LogP contribution in [-0.4, -0.2) is 23.2 Å². The minimum absolute atomic E-state index is 0.0983. The highest BCUT2D eigenvalue weighted by Gasteiger charge is 2.13. The number of anilines is 1. The van der Waals surface area contributed by atoms with Crippen molar-refractivity contribution in [1.29, 1.82) is 0 Å². The molecule has 0 aromatic heterocycles. The first-order valence-corrected chi connectivity index (χ1v) is 5.64. The van der Waals surface area contributed by atoms with E-state index in [9.17, 15) is 10.1 Å². The second-order valence-corrected chi connectivity index (χ2v) is 4.28. The summed E-state index contributed by atoms with van der Waals surface area (Å²) in [5.74, 6) is 0.279. The van der Waals surface area contributed by atoms with E-state index in [0.29, 0.717) is 18.7 Å². The monoisotopic (exact) mass is 238 g/mol. The fourth-order valence-corrected chi connectivity index (χ4v) is 1.55. The Morgan fingerprint density at radius 2 is 2.24 bits per heavy atom. The molecule has 0 aliphatic carbocycles. The van der Waals surface area contributed by atoms with E-state index >= 15 is 0 Å². The van der Waals surface area contributed by atoms with Gasteiger partial charge in [0.2, 0.25) is 0 Å².